The van der Waals surface area contributed by atoms with Crippen LogP contribution in [0.5, 0.6) is 0 Å². The van der Waals surface area contributed by atoms with Gasteiger partial charge in [0.1, 0.15) is 11.4 Å². The van der Waals surface area contributed by atoms with Crippen molar-refractivity contribution in [1.82, 2.24) is 9.55 Å². The van der Waals surface area contributed by atoms with Crippen molar-refractivity contribution in [1.29, 1.82) is 0 Å². The molecule has 142 valence electrons. The van der Waals surface area contributed by atoms with E-state index in [2.05, 4.69) is 18.8 Å². The van der Waals surface area contributed by atoms with Gasteiger partial charge in [-0.05, 0) is 53.8 Å². The van der Waals surface area contributed by atoms with Gasteiger partial charge in [0.25, 0.3) is 5.56 Å². The van der Waals surface area contributed by atoms with Gasteiger partial charge in [0.2, 0.25) is 0 Å². The second kappa shape index (κ2) is 6.71. The third-order valence-electron chi connectivity index (χ3n) is 4.97. The Morgan fingerprint density at radius 2 is 1.89 bits per heavy atom. The number of aromatic nitrogens is 2. The Hall–Kier alpha value is -3.28. The van der Waals surface area contributed by atoms with Crippen LogP contribution in [-0.2, 0) is 6.54 Å². The van der Waals surface area contributed by atoms with Gasteiger partial charge in [0, 0.05) is 17.5 Å². The molecule has 0 radical (unpaired) electrons. The Balaban J connectivity index is 1.90. The second-order valence-corrected chi connectivity index (χ2v) is 7.29. The first-order valence-electron chi connectivity index (χ1n) is 9.05. The predicted molar refractivity (Wildman–Crippen MR) is 106 cm³/mol. The number of aryl methyl sites for hydroxylation is 1. The molecule has 5 nitrogen and oxygen atoms in total. The summed E-state index contributed by atoms with van der Waals surface area (Å²) < 4.78 is 20.2. The maximum absolute atomic E-state index is 13.4. The van der Waals surface area contributed by atoms with Crippen LogP contribution in [0.3, 0.4) is 0 Å². The van der Waals surface area contributed by atoms with Crippen LogP contribution in [0.2, 0.25) is 0 Å². The number of hydrogen-bond donors (Lipinski definition) is 0. The summed E-state index contributed by atoms with van der Waals surface area (Å²) in [6.45, 7) is 6.35. The number of nitrogens with zero attached hydrogens (tertiary/aromatic N) is 2. The van der Waals surface area contributed by atoms with Gasteiger partial charge in [0.05, 0.1) is 23.8 Å². The fourth-order valence-corrected chi connectivity index (χ4v) is 3.57. The monoisotopic (exact) mass is 378 g/mol. The molecule has 0 spiro atoms. The third kappa shape index (κ3) is 3.11. The quantitative estimate of drug-likeness (QED) is 0.503. The fourth-order valence-electron chi connectivity index (χ4n) is 3.57. The van der Waals surface area contributed by atoms with Gasteiger partial charge in [-0.2, -0.15) is 0 Å². The van der Waals surface area contributed by atoms with E-state index >= 15 is 0 Å². The van der Waals surface area contributed by atoms with Crippen molar-refractivity contribution in [3.8, 4) is 0 Å². The van der Waals surface area contributed by atoms with Gasteiger partial charge in [-0.25, -0.2) is 14.2 Å². The number of fused-ring (bicyclic) bond motifs is 2. The first-order valence-corrected chi connectivity index (χ1v) is 9.05. The number of hydrogen-bond acceptors (Lipinski definition) is 4. The fraction of sp³-hybridized carbons (Fsp3) is 0.227. The molecule has 0 saturated carbocycles. The molecule has 0 amide bonds. The van der Waals surface area contributed by atoms with Crippen molar-refractivity contribution in [2.75, 3.05) is 0 Å². The van der Waals surface area contributed by atoms with E-state index in [1.165, 1.54) is 35.2 Å². The number of halogens is 1. The normalized spacial score (nSPS) is 11.6. The summed E-state index contributed by atoms with van der Waals surface area (Å²) in [5.41, 5.74) is 2.92. The lowest BCUT2D eigenvalue weighted by molar-refractivity contribution is 0.556. The lowest BCUT2D eigenvalue weighted by atomic mass is 9.95. The maximum Gasteiger partial charge on any atom is 0.336 e. The first kappa shape index (κ1) is 18.1. The van der Waals surface area contributed by atoms with Crippen LogP contribution < -0.4 is 11.2 Å². The average Bonchev–Trinajstić information content (AvgIpc) is 2.63. The highest BCUT2D eigenvalue weighted by atomic mass is 19.1. The van der Waals surface area contributed by atoms with E-state index in [0.29, 0.717) is 28.0 Å². The van der Waals surface area contributed by atoms with Crippen LogP contribution in [0.25, 0.3) is 21.9 Å². The van der Waals surface area contributed by atoms with E-state index in [1.54, 1.807) is 0 Å². The Bertz CT molecular complexity index is 1340. The van der Waals surface area contributed by atoms with Gasteiger partial charge in [-0.3, -0.25) is 9.36 Å². The van der Waals surface area contributed by atoms with E-state index in [1.807, 2.05) is 19.1 Å². The van der Waals surface area contributed by atoms with Crippen molar-refractivity contribution in [2.45, 2.75) is 33.2 Å². The van der Waals surface area contributed by atoms with Gasteiger partial charge in [-0.1, -0.05) is 13.8 Å². The van der Waals surface area contributed by atoms with E-state index < -0.39 is 11.4 Å². The Morgan fingerprint density at radius 1 is 1.11 bits per heavy atom. The number of benzene rings is 2. The highest BCUT2D eigenvalue weighted by Gasteiger charge is 2.13. The molecule has 0 N–H and O–H groups in total. The summed E-state index contributed by atoms with van der Waals surface area (Å²) >= 11 is 0. The smallest absolute Gasteiger partial charge is 0.336 e. The Morgan fingerprint density at radius 3 is 2.64 bits per heavy atom. The topological polar surface area (TPSA) is 65.1 Å². The molecule has 0 aliphatic carbocycles. The molecule has 2 heterocycles. The van der Waals surface area contributed by atoms with Crippen molar-refractivity contribution in [3.05, 3.63) is 86.0 Å². The molecule has 28 heavy (non-hydrogen) atoms. The average molecular weight is 378 g/mol. The van der Waals surface area contributed by atoms with Crippen molar-refractivity contribution >= 4 is 21.9 Å². The second-order valence-electron chi connectivity index (χ2n) is 7.29. The summed E-state index contributed by atoms with van der Waals surface area (Å²) in [6.07, 6.45) is 1.38. The van der Waals surface area contributed by atoms with Crippen molar-refractivity contribution in [2.24, 2.45) is 0 Å². The maximum atomic E-state index is 13.4. The van der Waals surface area contributed by atoms with Crippen LogP contribution >= 0.6 is 0 Å². The van der Waals surface area contributed by atoms with E-state index in [0.717, 1.165) is 16.5 Å². The summed E-state index contributed by atoms with van der Waals surface area (Å²) in [7, 11) is 0. The van der Waals surface area contributed by atoms with Crippen LogP contribution in [0, 0.1) is 12.7 Å². The Labute approximate surface area is 160 Å². The van der Waals surface area contributed by atoms with Crippen molar-refractivity contribution < 1.29 is 8.81 Å². The molecule has 0 fully saturated rings. The summed E-state index contributed by atoms with van der Waals surface area (Å²) in [6, 6.07) is 9.17. The standard InChI is InChI=1S/C22H19FN2O3/c1-12(2)17-9-18-14(7-21(26)28-20(18)6-13(17)3)10-25-11-24-19-8-15(23)4-5-16(19)22(25)27/h4-9,11-12H,10H2,1-3H3. The molecule has 4 rings (SSSR count). The highest BCUT2D eigenvalue weighted by Crippen LogP contribution is 2.27. The summed E-state index contributed by atoms with van der Waals surface area (Å²) in [4.78, 5) is 29.0. The molecular formula is C22H19FN2O3. The molecule has 4 aromatic rings. The minimum Gasteiger partial charge on any atom is -0.423 e. The lowest BCUT2D eigenvalue weighted by Crippen LogP contribution is -2.22. The largest absolute Gasteiger partial charge is 0.423 e. The molecule has 6 heteroatoms. The van der Waals surface area contributed by atoms with Gasteiger partial charge in [-0.15, -0.1) is 0 Å². The molecule has 0 aliphatic rings. The van der Waals surface area contributed by atoms with E-state index in [-0.39, 0.29) is 12.1 Å². The number of rotatable bonds is 3. The van der Waals surface area contributed by atoms with Crippen LogP contribution in [-0.4, -0.2) is 9.55 Å². The predicted octanol–water partition coefficient (Wildman–Crippen LogP) is 4.12. The molecule has 0 aliphatic heterocycles. The minimum absolute atomic E-state index is 0.168. The van der Waals surface area contributed by atoms with Crippen molar-refractivity contribution in [3.63, 3.8) is 0 Å². The van der Waals surface area contributed by atoms with E-state index in [4.69, 9.17) is 4.42 Å². The zero-order valence-corrected chi connectivity index (χ0v) is 15.8. The summed E-state index contributed by atoms with van der Waals surface area (Å²) in [5, 5.41) is 1.12. The van der Waals surface area contributed by atoms with E-state index in [9.17, 15) is 14.0 Å². The molecule has 0 unspecified atom stereocenters. The summed E-state index contributed by atoms with van der Waals surface area (Å²) in [5.74, 6) is -0.135. The molecule has 2 aromatic carbocycles. The zero-order valence-electron chi connectivity index (χ0n) is 15.8. The van der Waals surface area contributed by atoms with Crippen LogP contribution in [0.15, 0.2) is 56.7 Å². The molecule has 0 saturated heterocycles. The third-order valence-corrected chi connectivity index (χ3v) is 4.97. The molecular weight excluding hydrogens is 359 g/mol. The minimum atomic E-state index is -0.469. The van der Waals surface area contributed by atoms with Crippen LogP contribution in [0.4, 0.5) is 4.39 Å². The first-order chi connectivity index (χ1) is 13.3. The van der Waals surface area contributed by atoms with Crippen LogP contribution in [0.1, 0.15) is 36.5 Å². The highest BCUT2D eigenvalue weighted by molar-refractivity contribution is 5.82. The Kier molecular flexibility index (Phi) is 4.34. The van der Waals surface area contributed by atoms with Gasteiger partial charge in [0.15, 0.2) is 0 Å². The zero-order chi connectivity index (χ0) is 20.0. The SMILES string of the molecule is Cc1cc2oc(=O)cc(Cn3cnc4cc(F)ccc4c3=O)c2cc1C(C)C. The molecule has 0 bridgehead atoms. The molecule has 2 aromatic heterocycles. The molecule has 0 atom stereocenters. The van der Waals surface area contributed by atoms with Gasteiger partial charge < -0.3 is 4.42 Å². The lowest BCUT2D eigenvalue weighted by Gasteiger charge is -2.14. The van der Waals surface area contributed by atoms with Gasteiger partial charge >= 0.3 is 5.63 Å².